The van der Waals surface area contributed by atoms with Crippen LogP contribution < -0.4 is 26.4 Å². The van der Waals surface area contributed by atoms with E-state index in [1.54, 1.807) is 115 Å². The molecule has 0 spiro atoms. The smallest absolute Gasteiger partial charge is 0.488 e. The number of halogens is 21. The summed E-state index contributed by atoms with van der Waals surface area (Å²) in [4.78, 5) is 49.7. The number of aromatic carboxylic acids is 2. The number of nitro groups is 2. The van der Waals surface area contributed by atoms with E-state index in [1.165, 1.54) is 12.1 Å². The van der Waals surface area contributed by atoms with Crippen LogP contribution in [0.4, 0.5) is 86.8 Å². The number of carboxylic acids is 2. The average Bonchev–Trinajstić information content (AvgIpc) is 0.776. The molecule has 764 valence electrons. The summed E-state index contributed by atoms with van der Waals surface area (Å²) in [5.41, 5.74) is 11.7. The monoisotopic (exact) mass is 2670 g/mol. The molecule has 15 aromatic carbocycles. The number of carbonyl (C=O) groups is 3. The molecule has 0 saturated heterocycles. The summed E-state index contributed by atoms with van der Waals surface area (Å²) < 4.78 is 241. The zero-order valence-corrected chi connectivity index (χ0v) is 88.5. The van der Waals surface area contributed by atoms with Gasteiger partial charge in [-0.3, -0.25) is 29.7 Å². The van der Waals surface area contributed by atoms with E-state index in [9.17, 15) is 128 Å². The number of aromatic hydroxyl groups is 3. The van der Waals surface area contributed by atoms with Gasteiger partial charge in [-0.25, -0.2) is 83.5 Å². The number of sulfonamides is 2. The summed E-state index contributed by atoms with van der Waals surface area (Å²) in [5.74, 6) is -21.0. The number of nitrogen functional groups attached to an aromatic ring is 2. The van der Waals surface area contributed by atoms with Crippen LogP contribution in [0.25, 0.3) is 55.6 Å². The molecule has 15 rings (SSSR count). The average molecular weight is 2680 g/mol. The molecule has 27 nitrogen and oxygen atoms in total. The molecule has 0 saturated carbocycles. The molecule has 0 radical (unpaired) electrons. The summed E-state index contributed by atoms with van der Waals surface area (Å²) in [6.45, 7) is 0. The van der Waals surface area contributed by atoms with Crippen LogP contribution in [0, 0.1) is 90.0 Å². The predicted octanol–water partition coefficient (Wildman–Crippen LogP) is 26.3. The number of hydrogen-bond donors (Lipinski definition) is 11. The minimum atomic E-state index is -4.72. The molecule has 52 heteroatoms. The molecule has 13 N–H and O–H groups in total. The van der Waals surface area contributed by atoms with Crippen LogP contribution in [-0.4, -0.2) is 103 Å². The number of rotatable bonds is 18. The van der Waals surface area contributed by atoms with Crippen molar-refractivity contribution >= 4 is 219 Å². The van der Waals surface area contributed by atoms with Crippen LogP contribution in [0.5, 0.6) is 17.2 Å². The van der Waals surface area contributed by atoms with E-state index in [2.05, 4.69) is 76.5 Å². The molecule has 0 heterocycles. The minimum absolute atomic E-state index is 0.133. The third kappa shape index (κ3) is 34.9. The maximum atomic E-state index is 14.3. The number of benzene rings is 15. The van der Waals surface area contributed by atoms with Gasteiger partial charge in [0.2, 0.25) is 11.6 Å². The van der Waals surface area contributed by atoms with Crippen molar-refractivity contribution in [3.05, 3.63) is 417 Å². The quantitative estimate of drug-likeness (QED) is 0.00437. The van der Waals surface area contributed by atoms with Gasteiger partial charge in [-0.2, -0.15) is 8.78 Å². The first-order valence-corrected chi connectivity index (χ1v) is 65.4. The van der Waals surface area contributed by atoms with Crippen molar-refractivity contribution < 1.29 is 142 Å². The van der Waals surface area contributed by atoms with Gasteiger partial charge in [-0.05, 0) is 158 Å². The Morgan fingerprint density at radius 2 is 0.637 bits per heavy atom. The zero-order valence-electron chi connectivity index (χ0n) is 72.8. The molecular weight excluding hydrogens is 2610 g/mol. The second-order valence-corrected chi connectivity index (χ2v) is 85.0. The van der Waals surface area contributed by atoms with Crippen molar-refractivity contribution in [2.24, 2.45) is 0 Å². The van der Waals surface area contributed by atoms with E-state index in [-0.39, 0.29) is 51.6 Å². The van der Waals surface area contributed by atoms with E-state index in [0.29, 0.717) is 39.3 Å². The molecule has 0 atom stereocenters. The van der Waals surface area contributed by atoms with Gasteiger partial charge in [0.25, 0.3) is 29.1 Å². The number of carboxylic acid groups (broad SMARTS) is 2. The number of carbonyl (C=O) groups excluding carboxylic acids is 1. The third-order valence-corrected chi connectivity index (χ3v) is 23.9. The first kappa shape index (κ1) is 121. The summed E-state index contributed by atoms with van der Waals surface area (Å²) >= 11 is 27.2. The summed E-state index contributed by atoms with van der Waals surface area (Å²) in [7, 11) is -9.27. The number of nitro benzene ring substituents is 2. The van der Waals surface area contributed by atoms with Crippen molar-refractivity contribution in [1.29, 1.82) is 0 Å². The van der Waals surface area contributed by atoms with Gasteiger partial charge >= 0.3 is 100 Å². The molecular formula is C94H64BBrCl4F12I4N6O21S3. The summed E-state index contributed by atoms with van der Waals surface area (Å²) in [5, 5.41) is 83.4. The van der Waals surface area contributed by atoms with Gasteiger partial charge in [0.15, 0.2) is 75.4 Å². The van der Waals surface area contributed by atoms with Crippen molar-refractivity contribution in [1.82, 2.24) is 0 Å². The Balaban J connectivity index is 0.000000231. The van der Waals surface area contributed by atoms with Crippen LogP contribution >= 0.6 is 125 Å². The minimum Gasteiger partial charge on any atom is -0.505 e. The van der Waals surface area contributed by atoms with Gasteiger partial charge in [-0.15, -0.1) is 0 Å². The second-order valence-electron chi connectivity index (χ2n) is 28.3. The fourth-order valence-corrected chi connectivity index (χ4v) is 16.3. The van der Waals surface area contributed by atoms with Crippen LogP contribution in [-0.2, 0) is 33.8 Å². The summed E-state index contributed by atoms with van der Waals surface area (Å²) in [6, 6.07) is 69.9. The van der Waals surface area contributed by atoms with Gasteiger partial charge in [0, 0.05) is 27.3 Å². The largest absolute Gasteiger partial charge is 0.505 e. The van der Waals surface area contributed by atoms with Gasteiger partial charge in [-0.1, -0.05) is 233 Å². The predicted molar refractivity (Wildman–Crippen MR) is 567 cm³/mol. The van der Waals surface area contributed by atoms with Crippen molar-refractivity contribution in [2.45, 2.75) is 14.7 Å². The first-order valence-electron chi connectivity index (χ1n) is 39.4. The number of nitrogens with zero attached hydrogens (tertiary/aromatic N) is 2. The molecule has 0 bridgehead atoms. The second kappa shape index (κ2) is 55.4. The number of ether oxygens (including phenoxy) is 1. The SMILES string of the molecule is COC(=O)c1cc(Cl)c(O)c(S(=O)(=O)Nc2cc(-c3ccccc3)cc(F)c2F)c1.II(I)I.Nc1cc(-c2ccccc2)cc(F)c1F.Nc1cc(-c2ccccc2)cc(F)c1F.O=C(O)c1cc(Cl)c(O)c(S(=O)(=O)Cl)c1.O=C(O)c1cc(Cl)c(O)c(S(=O)(=O)Nc2cc(-c3ccccc3)cc(F)c2F)c1.O=[N+]([O-])c1cc(-c2ccccc2)cc(F)c1F.O=[N+]([O-])c1cc(Br)cc(F)c1F.OB(O)c1ccccc1. The molecule has 0 aliphatic rings. The van der Waals surface area contributed by atoms with E-state index in [1.807, 2.05) is 76.2 Å². The zero-order chi connectivity index (χ0) is 109. The molecule has 0 amide bonds. The Morgan fingerprint density at radius 3 is 0.918 bits per heavy atom. The number of hydrogen-bond acceptors (Lipinski definition) is 21. The normalized spacial score (nSPS) is 10.7. The number of anilines is 4. The van der Waals surface area contributed by atoms with Crippen LogP contribution in [0.3, 0.4) is 0 Å². The molecule has 0 unspecified atom stereocenters. The van der Waals surface area contributed by atoms with E-state index in [0.717, 1.165) is 109 Å². The molecule has 146 heavy (non-hydrogen) atoms. The maximum Gasteiger partial charge on any atom is 0.488 e. The van der Waals surface area contributed by atoms with E-state index in [4.69, 9.17) is 77.2 Å². The fourth-order valence-electron chi connectivity index (χ4n) is 11.7. The Bertz CT molecular complexity index is 7520. The molecule has 0 aliphatic heterocycles. The number of methoxy groups -OCH3 is 1. The number of nitrogens with one attached hydrogen (secondary N) is 2. The Kier molecular flexibility index (Phi) is 45.8. The number of phenols is 3. The van der Waals surface area contributed by atoms with Crippen molar-refractivity contribution in [3.63, 3.8) is 0 Å². The molecule has 0 aromatic heterocycles. The molecule has 0 aliphatic carbocycles. The Labute approximate surface area is 885 Å². The Morgan fingerprint density at radius 1 is 0.384 bits per heavy atom. The van der Waals surface area contributed by atoms with Crippen LogP contribution in [0.15, 0.2) is 310 Å². The molecule has 0 fully saturated rings. The van der Waals surface area contributed by atoms with Gasteiger partial charge in [0.1, 0.15) is 14.7 Å². The topological polar surface area (TPSA) is 467 Å². The van der Waals surface area contributed by atoms with E-state index < -0.39 is 209 Å². The van der Waals surface area contributed by atoms with Crippen LogP contribution in [0.1, 0.15) is 31.1 Å². The number of nitrogens with two attached hydrogens (primary N) is 2. The summed E-state index contributed by atoms with van der Waals surface area (Å²) in [6.07, 6.45) is 0. The van der Waals surface area contributed by atoms with E-state index >= 15 is 0 Å². The maximum absolute atomic E-state index is 14.3. The van der Waals surface area contributed by atoms with Crippen molar-refractivity contribution in [3.8, 4) is 72.9 Å². The number of esters is 1. The molecule has 15 aromatic rings. The standard InChI is InChI=1S/C20H14ClF2NO5S.C19H12ClF2NO5S.C12H7F2NO2.2C12H9F2N.C7H4Cl2O5S.C6H7BO2.C6H2BrF2NO2.I4/c1-29-20(26)13-7-14(21)19(25)17(10-13)30(27,28)24-16-9-12(8-15(22)18(16)23)11-5-3-2-4-6-11;20-13-6-12(19(25)26)9-16(18(13)24)29(27,28)23-15-8-11(7-14(21)17(15)22)10-4-2-1-3-5-10;13-10-6-9(8-4-2-1-3-5-8)7-11(12(10)14)15(16)17;2*13-10-6-9(7-11(15)12(10)14)8-4-2-1-3-5-8;8-4-1-3(7(11)12)2-5(6(4)10)15(9,13)14;8-7(9)6-4-2-1-3-5-6;7-3-1-4(8)6(9)5(2-3)10(11)12;1-4(2)3/h2-10,24-25H,1H3;1-9,23-24H,(H,25,26);1-7H;2*1-7H,15H2;1-2,10H,(H,11,12);1-5,8-9H;1-2H;. The van der Waals surface area contributed by atoms with Crippen LogP contribution in [0.2, 0.25) is 15.1 Å². The first-order chi connectivity index (χ1) is 68.5. The third-order valence-electron chi connectivity index (χ3n) is 18.5. The fraction of sp³-hybridized carbons (Fsp3) is 0.0106. The number of phenolic OH excluding ortho intramolecular Hbond substituents is 3. The van der Waals surface area contributed by atoms with Crippen molar-refractivity contribution in [2.75, 3.05) is 28.0 Å². The van der Waals surface area contributed by atoms with Gasteiger partial charge in [0.05, 0.1) is 71.5 Å². The van der Waals surface area contributed by atoms with Gasteiger partial charge < -0.3 is 51.8 Å². The Hall–Kier alpha value is -12.3.